The zero-order chi connectivity index (χ0) is 35.4. The van der Waals surface area contributed by atoms with Crippen molar-refractivity contribution in [3.63, 3.8) is 0 Å². The molecule has 0 bridgehead atoms. The third kappa shape index (κ3) is 5.20. The summed E-state index contributed by atoms with van der Waals surface area (Å²) in [6, 6.07) is 12.9. The van der Waals surface area contributed by atoms with E-state index >= 15 is 0 Å². The summed E-state index contributed by atoms with van der Waals surface area (Å²) in [7, 11) is 4.71. The summed E-state index contributed by atoms with van der Waals surface area (Å²) in [5.41, 5.74) is 1.49. The molecule has 6 rings (SSSR count). The molecule has 1 amide bonds. The maximum absolute atomic E-state index is 14.0. The lowest BCUT2D eigenvalue weighted by molar-refractivity contribution is -0.138. The number of carbonyl (C=O) groups is 5. The molecule has 1 spiro atoms. The van der Waals surface area contributed by atoms with E-state index in [9.17, 15) is 24.0 Å². The Hall–Kier alpha value is -4.34. The summed E-state index contributed by atoms with van der Waals surface area (Å²) in [5.74, 6) is -3.37. The Morgan fingerprint density at radius 1 is 0.816 bits per heavy atom. The first-order valence-corrected chi connectivity index (χ1v) is 17.4. The molecule has 0 aliphatic carbocycles. The second-order valence-corrected chi connectivity index (χ2v) is 15.2. The van der Waals surface area contributed by atoms with Gasteiger partial charge in [0.25, 0.3) is 5.91 Å². The maximum Gasteiger partial charge on any atom is 0.345 e. The number of hydrogen-bond acceptors (Lipinski definition) is 14. The molecule has 0 aromatic heterocycles. The standard InChI is InChI=1S/C34H32N2O10S3/c1-8-46-17-14-18-20-26(33(2,3)36-22(18)19(15-17)28(37)35-27(36)16-12-10-9-11-13-16)47-23(30(39)43-5)21(29(38)42-4)34(20)48-24(31(40)44-6)25(49-34)32(41)45-7/h9-15,27H,8H2,1-7H3,(H,35,37). The Morgan fingerprint density at radius 2 is 1.37 bits per heavy atom. The first-order valence-electron chi connectivity index (χ1n) is 15.0. The van der Waals surface area contributed by atoms with Crippen molar-refractivity contribution >= 4 is 76.3 Å². The van der Waals surface area contributed by atoms with Crippen LogP contribution in [0.15, 0.2) is 67.7 Å². The van der Waals surface area contributed by atoms with Crippen LogP contribution in [-0.4, -0.2) is 74.4 Å². The topological polar surface area (TPSA) is 147 Å². The highest BCUT2D eigenvalue weighted by Gasteiger charge is 2.62. The molecule has 4 aliphatic rings. The summed E-state index contributed by atoms with van der Waals surface area (Å²) in [6.45, 7) is 5.99. The molecule has 49 heavy (non-hydrogen) atoms. The molecule has 1 N–H and O–H groups in total. The molecule has 12 nitrogen and oxygen atoms in total. The third-order valence-corrected chi connectivity index (χ3v) is 13.1. The number of hydrogen-bond donors (Lipinski definition) is 1. The number of rotatable bonds is 7. The van der Waals surface area contributed by atoms with Gasteiger partial charge in [-0.1, -0.05) is 65.6 Å². The van der Waals surface area contributed by atoms with Gasteiger partial charge in [0.2, 0.25) is 0 Å². The summed E-state index contributed by atoms with van der Waals surface area (Å²) in [4.78, 5) is 70.6. The molecular weight excluding hydrogens is 693 g/mol. The van der Waals surface area contributed by atoms with Crippen LogP contribution in [0.4, 0.5) is 5.69 Å². The van der Waals surface area contributed by atoms with Crippen LogP contribution in [0.2, 0.25) is 0 Å². The minimum Gasteiger partial charge on any atom is -0.494 e. The van der Waals surface area contributed by atoms with Gasteiger partial charge in [0.15, 0.2) is 0 Å². The molecule has 0 radical (unpaired) electrons. The van der Waals surface area contributed by atoms with Crippen molar-refractivity contribution in [1.29, 1.82) is 0 Å². The maximum atomic E-state index is 14.0. The van der Waals surface area contributed by atoms with Gasteiger partial charge in [-0.05, 0) is 38.5 Å². The number of thioether (sulfide) groups is 3. The van der Waals surface area contributed by atoms with Crippen molar-refractivity contribution in [3.8, 4) is 5.75 Å². The van der Waals surface area contributed by atoms with E-state index in [0.717, 1.165) is 40.8 Å². The van der Waals surface area contributed by atoms with E-state index in [1.807, 2.05) is 51.1 Å². The first kappa shape index (κ1) is 34.5. The number of fused-ring (bicyclic) bond motifs is 2. The van der Waals surface area contributed by atoms with Crippen molar-refractivity contribution in [3.05, 3.63) is 84.3 Å². The van der Waals surface area contributed by atoms with Gasteiger partial charge >= 0.3 is 23.9 Å². The normalized spacial score (nSPS) is 19.9. The quantitative estimate of drug-likeness (QED) is 0.305. The number of benzene rings is 2. The highest BCUT2D eigenvalue weighted by atomic mass is 32.2. The van der Waals surface area contributed by atoms with Crippen LogP contribution in [0, 0.1) is 0 Å². The molecular formula is C34H32N2O10S3. The van der Waals surface area contributed by atoms with Crippen molar-refractivity contribution in [1.82, 2.24) is 5.32 Å². The molecule has 0 saturated heterocycles. The van der Waals surface area contributed by atoms with Crippen LogP contribution in [-0.2, 0) is 38.1 Å². The third-order valence-electron chi connectivity index (χ3n) is 8.46. The van der Waals surface area contributed by atoms with Crippen LogP contribution >= 0.6 is 35.3 Å². The average molecular weight is 725 g/mol. The van der Waals surface area contributed by atoms with Crippen LogP contribution in [0.1, 0.15) is 48.4 Å². The second-order valence-electron chi connectivity index (χ2n) is 11.5. The number of methoxy groups -OCH3 is 4. The van der Waals surface area contributed by atoms with E-state index in [1.165, 1.54) is 28.4 Å². The van der Waals surface area contributed by atoms with E-state index in [1.54, 1.807) is 12.1 Å². The van der Waals surface area contributed by atoms with Gasteiger partial charge in [0, 0.05) is 16.0 Å². The molecule has 4 heterocycles. The van der Waals surface area contributed by atoms with E-state index < -0.39 is 39.7 Å². The number of esters is 4. The predicted octanol–water partition coefficient (Wildman–Crippen LogP) is 4.92. The fourth-order valence-electron chi connectivity index (χ4n) is 6.44. The van der Waals surface area contributed by atoms with Gasteiger partial charge in [0.1, 0.15) is 30.7 Å². The van der Waals surface area contributed by atoms with Gasteiger partial charge in [-0.2, -0.15) is 0 Å². The molecule has 0 fully saturated rings. The van der Waals surface area contributed by atoms with Crippen LogP contribution in [0.3, 0.4) is 0 Å². The molecule has 256 valence electrons. The summed E-state index contributed by atoms with van der Waals surface area (Å²) in [5, 5.41) is 3.15. The minimum atomic E-state index is -1.71. The predicted molar refractivity (Wildman–Crippen MR) is 185 cm³/mol. The summed E-state index contributed by atoms with van der Waals surface area (Å²) < 4.78 is 24.9. The average Bonchev–Trinajstić information content (AvgIpc) is 3.49. The number of anilines is 1. The first-order chi connectivity index (χ1) is 23.4. The highest BCUT2D eigenvalue weighted by Crippen LogP contribution is 2.72. The number of ether oxygens (including phenoxy) is 5. The van der Waals surface area contributed by atoms with Gasteiger partial charge < -0.3 is 33.9 Å². The van der Waals surface area contributed by atoms with Gasteiger partial charge in [-0.15, -0.1) is 0 Å². The van der Waals surface area contributed by atoms with Crippen LogP contribution in [0.25, 0.3) is 5.57 Å². The number of carbonyl (C=O) groups excluding carboxylic acids is 5. The van der Waals surface area contributed by atoms with Crippen molar-refractivity contribution in [2.45, 2.75) is 36.6 Å². The lowest BCUT2D eigenvalue weighted by atomic mass is 9.80. The molecule has 0 saturated carbocycles. The Morgan fingerprint density at radius 3 is 1.92 bits per heavy atom. The Kier molecular flexibility index (Phi) is 9.05. The van der Waals surface area contributed by atoms with Crippen LogP contribution < -0.4 is 15.0 Å². The monoisotopic (exact) mass is 724 g/mol. The van der Waals surface area contributed by atoms with Crippen molar-refractivity contribution in [2.24, 2.45) is 0 Å². The zero-order valence-corrected chi connectivity index (χ0v) is 30.0. The highest BCUT2D eigenvalue weighted by molar-refractivity contribution is 8.26. The molecule has 2 aromatic carbocycles. The number of amides is 1. The minimum absolute atomic E-state index is 0.0848. The summed E-state index contributed by atoms with van der Waals surface area (Å²) in [6.07, 6.45) is -0.649. The fourth-order valence-corrected chi connectivity index (χ4v) is 11.5. The van der Waals surface area contributed by atoms with E-state index in [-0.39, 0.29) is 32.8 Å². The molecule has 15 heteroatoms. The van der Waals surface area contributed by atoms with Crippen molar-refractivity contribution in [2.75, 3.05) is 39.9 Å². The molecule has 2 aromatic rings. The largest absolute Gasteiger partial charge is 0.494 e. The van der Waals surface area contributed by atoms with E-state index in [4.69, 9.17) is 23.7 Å². The molecule has 1 atom stereocenters. The molecule has 4 aliphatic heterocycles. The van der Waals surface area contributed by atoms with Gasteiger partial charge in [-0.25, -0.2) is 19.2 Å². The number of nitrogens with one attached hydrogen (secondary N) is 1. The lowest BCUT2D eigenvalue weighted by Crippen LogP contribution is -2.59. The van der Waals surface area contributed by atoms with Gasteiger partial charge in [-0.3, -0.25) is 4.79 Å². The Bertz CT molecular complexity index is 1890. The number of nitrogens with zero attached hydrogens (tertiary/aromatic N) is 1. The van der Waals surface area contributed by atoms with Crippen LogP contribution in [0.5, 0.6) is 5.75 Å². The van der Waals surface area contributed by atoms with Gasteiger partial charge in [0.05, 0.1) is 57.4 Å². The lowest BCUT2D eigenvalue weighted by Gasteiger charge is -2.56. The van der Waals surface area contributed by atoms with E-state index in [2.05, 4.69) is 10.2 Å². The smallest absolute Gasteiger partial charge is 0.345 e. The van der Waals surface area contributed by atoms with Crippen molar-refractivity contribution < 1.29 is 47.7 Å². The zero-order valence-electron chi connectivity index (χ0n) is 27.6. The SMILES string of the molecule is CCOc1cc2c3c(c1)C1=C(SC(C(=O)OC)=C(C(=O)OC)C14SC(C(=O)OC)=C(C(=O)OC)S4)C(C)(C)N3C(c1ccccc1)NC2=O. The second kappa shape index (κ2) is 12.8. The Labute approximate surface area is 294 Å². The molecule has 1 unspecified atom stereocenters. The Balaban J connectivity index is 1.75. The van der Waals surface area contributed by atoms with E-state index in [0.29, 0.717) is 33.0 Å². The summed E-state index contributed by atoms with van der Waals surface area (Å²) >= 11 is 2.78. The fraction of sp³-hybridized carbons (Fsp3) is 0.324.